The predicted molar refractivity (Wildman–Crippen MR) is 130 cm³/mol. The van der Waals surface area contributed by atoms with Gasteiger partial charge >= 0.3 is 0 Å². The number of anilines is 2. The minimum atomic E-state index is -0.592. The number of aromatic nitrogens is 1. The smallest absolute Gasteiger partial charge is 0.254 e. The maximum atomic E-state index is 13.4. The molecule has 0 saturated carbocycles. The van der Waals surface area contributed by atoms with Gasteiger partial charge in [-0.1, -0.05) is 6.07 Å². The molecule has 3 N–H and O–H groups in total. The highest BCUT2D eigenvalue weighted by atomic mass is 16.5. The van der Waals surface area contributed by atoms with Crippen molar-refractivity contribution >= 4 is 34.1 Å². The van der Waals surface area contributed by atoms with Crippen LogP contribution < -0.4 is 15.8 Å². The van der Waals surface area contributed by atoms with Crippen LogP contribution in [0.3, 0.4) is 0 Å². The van der Waals surface area contributed by atoms with Crippen molar-refractivity contribution in [3.63, 3.8) is 0 Å². The molecule has 0 radical (unpaired) electrons. The SMILES string of the molecule is Cc1cc(C(=O)N2CC(C)OC(C)C2)cc2c(Nc3cccc4c3CCO4)c(C(N)=O)cnc12. The number of rotatable bonds is 4. The Morgan fingerprint density at radius 1 is 1.18 bits per heavy atom. The van der Waals surface area contributed by atoms with Gasteiger partial charge in [-0.15, -0.1) is 0 Å². The molecule has 2 atom stereocenters. The van der Waals surface area contributed by atoms with Gasteiger partial charge in [0.15, 0.2) is 0 Å². The number of hydrogen-bond donors (Lipinski definition) is 2. The summed E-state index contributed by atoms with van der Waals surface area (Å²) in [4.78, 5) is 32.1. The normalized spacial score (nSPS) is 19.6. The van der Waals surface area contributed by atoms with Gasteiger partial charge in [0.25, 0.3) is 11.8 Å². The summed E-state index contributed by atoms with van der Waals surface area (Å²) in [6.07, 6.45) is 2.20. The zero-order valence-corrected chi connectivity index (χ0v) is 19.6. The zero-order chi connectivity index (χ0) is 24.0. The first-order chi connectivity index (χ1) is 16.3. The van der Waals surface area contributed by atoms with Crippen LogP contribution in [0.25, 0.3) is 10.9 Å². The van der Waals surface area contributed by atoms with E-state index in [1.807, 2.05) is 49.9 Å². The molecule has 1 saturated heterocycles. The molecular weight excluding hydrogens is 432 g/mol. The van der Waals surface area contributed by atoms with Gasteiger partial charge in [0.2, 0.25) is 0 Å². The number of nitrogens with zero attached hydrogens (tertiary/aromatic N) is 2. The third-order valence-corrected chi connectivity index (χ3v) is 6.38. The van der Waals surface area contributed by atoms with Crippen LogP contribution in [-0.4, -0.2) is 53.6 Å². The summed E-state index contributed by atoms with van der Waals surface area (Å²) in [6.45, 7) is 7.52. The lowest BCUT2D eigenvalue weighted by atomic mass is 10.0. The van der Waals surface area contributed by atoms with Gasteiger partial charge in [-0.2, -0.15) is 0 Å². The summed E-state index contributed by atoms with van der Waals surface area (Å²) in [5.74, 6) is 0.161. The fourth-order valence-corrected chi connectivity index (χ4v) is 4.93. The molecule has 3 aromatic rings. The van der Waals surface area contributed by atoms with Crippen LogP contribution in [0.5, 0.6) is 5.75 Å². The Morgan fingerprint density at radius 3 is 2.68 bits per heavy atom. The summed E-state index contributed by atoms with van der Waals surface area (Å²) < 4.78 is 11.5. The Hall–Kier alpha value is -3.65. The van der Waals surface area contributed by atoms with Crippen molar-refractivity contribution in [2.75, 3.05) is 25.0 Å². The van der Waals surface area contributed by atoms with Crippen LogP contribution in [0.2, 0.25) is 0 Å². The Morgan fingerprint density at radius 2 is 1.94 bits per heavy atom. The number of hydrogen-bond acceptors (Lipinski definition) is 6. The topological polar surface area (TPSA) is 107 Å². The van der Waals surface area contributed by atoms with Gasteiger partial charge in [-0.25, -0.2) is 0 Å². The summed E-state index contributed by atoms with van der Waals surface area (Å²) in [6, 6.07) is 9.43. The zero-order valence-electron chi connectivity index (χ0n) is 19.6. The van der Waals surface area contributed by atoms with Crippen LogP contribution in [0.4, 0.5) is 11.4 Å². The molecule has 2 unspecified atom stereocenters. The molecule has 2 aliphatic heterocycles. The molecule has 8 nitrogen and oxygen atoms in total. The van der Waals surface area contributed by atoms with Crippen molar-refractivity contribution in [1.82, 2.24) is 9.88 Å². The molecule has 2 aromatic carbocycles. The molecule has 2 aliphatic rings. The van der Waals surface area contributed by atoms with Crippen molar-refractivity contribution in [1.29, 1.82) is 0 Å². The lowest BCUT2D eigenvalue weighted by Gasteiger charge is -2.35. The number of morpholine rings is 1. The fraction of sp³-hybridized carbons (Fsp3) is 0.346. The van der Waals surface area contributed by atoms with Crippen LogP contribution in [0.15, 0.2) is 36.5 Å². The van der Waals surface area contributed by atoms with Gasteiger partial charge < -0.3 is 25.4 Å². The summed E-state index contributed by atoms with van der Waals surface area (Å²) >= 11 is 0. The number of ether oxygens (including phenoxy) is 2. The number of pyridine rings is 1. The molecule has 0 aliphatic carbocycles. The van der Waals surface area contributed by atoms with Gasteiger partial charge in [-0.3, -0.25) is 14.6 Å². The number of carbonyl (C=O) groups excluding carboxylic acids is 2. The summed E-state index contributed by atoms with van der Waals surface area (Å²) in [5, 5.41) is 4.09. The Kier molecular flexibility index (Phi) is 5.61. The van der Waals surface area contributed by atoms with E-state index < -0.39 is 5.91 Å². The van der Waals surface area contributed by atoms with E-state index in [0.29, 0.717) is 41.9 Å². The highest BCUT2D eigenvalue weighted by Crippen LogP contribution is 2.37. The second-order valence-corrected chi connectivity index (χ2v) is 9.07. The molecule has 3 heterocycles. The predicted octanol–water partition coefficient (Wildman–Crippen LogP) is 3.57. The van der Waals surface area contributed by atoms with Gasteiger partial charge in [0.05, 0.1) is 35.6 Å². The number of fused-ring (bicyclic) bond motifs is 2. The average molecular weight is 461 g/mol. The van der Waals surface area contributed by atoms with E-state index >= 15 is 0 Å². The first kappa shape index (κ1) is 22.2. The highest BCUT2D eigenvalue weighted by Gasteiger charge is 2.28. The van der Waals surface area contributed by atoms with E-state index in [9.17, 15) is 9.59 Å². The van der Waals surface area contributed by atoms with E-state index in [2.05, 4.69) is 10.3 Å². The maximum Gasteiger partial charge on any atom is 0.254 e. The van der Waals surface area contributed by atoms with Crippen molar-refractivity contribution in [3.8, 4) is 5.75 Å². The minimum absolute atomic E-state index is 0.0305. The fourth-order valence-electron chi connectivity index (χ4n) is 4.93. The Balaban J connectivity index is 1.63. The lowest BCUT2D eigenvalue weighted by molar-refractivity contribution is -0.0586. The molecule has 1 fully saturated rings. The molecule has 176 valence electrons. The van der Waals surface area contributed by atoms with Gasteiger partial charge in [0.1, 0.15) is 5.75 Å². The van der Waals surface area contributed by atoms with E-state index in [-0.39, 0.29) is 23.7 Å². The average Bonchev–Trinajstić information content (AvgIpc) is 3.28. The number of carbonyl (C=O) groups is 2. The number of primary amides is 1. The summed E-state index contributed by atoms with van der Waals surface area (Å²) in [7, 11) is 0. The molecule has 0 spiro atoms. The van der Waals surface area contributed by atoms with Crippen molar-refractivity contribution < 1.29 is 19.1 Å². The van der Waals surface area contributed by atoms with Gasteiger partial charge in [0, 0.05) is 47.9 Å². The molecule has 0 bridgehead atoms. The minimum Gasteiger partial charge on any atom is -0.493 e. The largest absolute Gasteiger partial charge is 0.493 e. The van der Waals surface area contributed by atoms with E-state index in [1.54, 1.807) is 6.07 Å². The molecular formula is C26H28N4O4. The second kappa shape index (κ2) is 8.61. The Labute approximate surface area is 198 Å². The van der Waals surface area contributed by atoms with Crippen LogP contribution >= 0.6 is 0 Å². The monoisotopic (exact) mass is 460 g/mol. The Bertz CT molecular complexity index is 1300. The van der Waals surface area contributed by atoms with Crippen LogP contribution in [-0.2, 0) is 11.2 Å². The number of nitrogens with one attached hydrogen (secondary N) is 1. The number of benzene rings is 2. The molecule has 8 heteroatoms. The van der Waals surface area contributed by atoms with Gasteiger partial charge in [-0.05, 0) is 50.6 Å². The molecule has 1 aromatic heterocycles. The van der Waals surface area contributed by atoms with E-state index in [0.717, 1.165) is 29.0 Å². The lowest BCUT2D eigenvalue weighted by Crippen LogP contribution is -2.48. The summed E-state index contributed by atoms with van der Waals surface area (Å²) in [5.41, 5.74) is 10.5. The maximum absolute atomic E-state index is 13.4. The second-order valence-electron chi connectivity index (χ2n) is 9.07. The highest BCUT2D eigenvalue weighted by molar-refractivity contribution is 6.10. The quantitative estimate of drug-likeness (QED) is 0.617. The standard InChI is InChI=1S/C26H28N4O4/c1-14-9-17(26(32)30-12-15(2)34-16(3)13-30)10-19-23(14)28-11-20(25(27)31)24(19)29-21-5-4-6-22-18(21)7-8-33-22/h4-6,9-11,15-16H,7-8,12-13H2,1-3H3,(H2,27,31)(H,28,29). The van der Waals surface area contributed by atoms with E-state index in [1.165, 1.54) is 6.20 Å². The first-order valence-electron chi connectivity index (χ1n) is 11.5. The molecule has 5 rings (SSSR count). The van der Waals surface area contributed by atoms with Crippen molar-refractivity contribution in [3.05, 3.63) is 58.8 Å². The number of aryl methyl sites for hydroxylation is 1. The molecule has 34 heavy (non-hydrogen) atoms. The van der Waals surface area contributed by atoms with Crippen LogP contribution in [0.1, 0.15) is 45.7 Å². The van der Waals surface area contributed by atoms with E-state index in [4.69, 9.17) is 15.2 Å². The first-order valence-corrected chi connectivity index (χ1v) is 11.5. The number of amides is 2. The van der Waals surface area contributed by atoms with Crippen LogP contribution in [0, 0.1) is 6.92 Å². The third-order valence-electron chi connectivity index (χ3n) is 6.38. The van der Waals surface area contributed by atoms with Crippen molar-refractivity contribution in [2.24, 2.45) is 5.73 Å². The third kappa shape index (κ3) is 3.94. The molecule has 2 amide bonds. The number of nitrogens with two attached hydrogens (primary N) is 1. The van der Waals surface area contributed by atoms with Crippen molar-refractivity contribution in [2.45, 2.75) is 39.4 Å².